The van der Waals surface area contributed by atoms with Crippen molar-refractivity contribution in [3.05, 3.63) is 54.1 Å². The zero-order valence-electron chi connectivity index (χ0n) is 21.7. The number of allylic oxidation sites excluding steroid dienone is 4. The fourth-order valence-corrected chi connectivity index (χ4v) is 7.48. The van der Waals surface area contributed by atoms with Crippen LogP contribution in [0.1, 0.15) is 38.2 Å². The van der Waals surface area contributed by atoms with Crippen molar-refractivity contribution in [1.29, 1.82) is 0 Å². The van der Waals surface area contributed by atoms with Gasteiger partial charge in [-0.3, -0.25) is 9.20 Å². The average molecular weight is 554 g/mol. The summed E-state index contributed by atoms with van der Waals surface area (Å²) in [4.78, 5) is 17.2. The Morgan fingerprint density at radius 3 is 2.74 bits per heavy atom. The van der Waals surface area contributed by atoms with Crippen LogP contribution in [-0.2, 0) is 14.8 Å². The van der Waals surface area contributed by atoms with Crippen molar-refractivity contribution in [2.24, 2.45) is 4.99 Å². The predicted molar refractivity (Wildman–Crippen MR) is 154 cm³/mol. The molecule has 3 heterocycles. The van der Waals surface area contributed by atoms with E-state index in [0.29, 0.717) is 22.3 Å². The van der Waals surface area contributed by atoms with Crippen molar-refractivity contribution in [1.82, 2.24) is 18.9 Å². The van der Waals surface area contributed by atoms with E-state index in [-0.39, 0.29) is 17.7 Å². The van der Waals surface area contributed by atoms with Crippen molar-refractivity contribution in [3.8, 4) is 5.75 Å². The highest BCUT2D eigenvalue weighted by Crippen LogP contribution is 2.28. The first-order valence-corrected chi connectivity index (χ1v) is 15.1. The van der Waals surface area contributed by atoms with E-state index in [1.54, 1.807) is 35.7 Å². The lowest BCUT2D eigenvalue weighted by atomic mass is 10.0. The number of nitrogens with zero attached hydrogens (tertiary/aromatic N) is 5. The Hall–Kier alpha value is -2.99. The molecule has 2 aliphatic rings. The first kappa shape index (κ1) is 26.6. The molecule has 9 nitrogen and oxygen atoms in total. The van der Waals surface area contributed by atoms with Gasteiger partial charge >= 0.3 is 0 Å². The van der Waals surface area contributed by atoms with E-state index in [2.05, 4.69) is 15.2 Å². The van der Waals surface area contributed by atoms with Crippen LogP contribution in [0.5, 0.6) is 5.75 Å². The van der Waals surface area contributed by atoms with Crippen LogP contribution >= 0.6 is 11.8 Å². The fraction of sp³-hybridized carbons (Fsp3) is 0.370. The van der Waals surface area contributed by atoms with E-state index in [0.717, 1.165) is 53.5 Å². The summed E-state index contributed by atoms with van der Waals surface area (Å²) < 4.78 is 33.2. The molecule has 1 saturated heterocycles. The van der Waals surface area contributed by atoms with E-state index >= 15 is 0 Å². The van der Waals surface area contributed by atoms with Crippen molar-refractivity contribution in [2.45, 2.75) is 50.7 Å². The number of carbonyl (C=O) groups is 1. The van der Waals surface area contributed by atoms with Crippen molar-refractivity contribution < 1.29 is 18.3 Å². The van der Waals surface area contributed by atoms with Gasteiger partial charge in [0.05, 0.1) is 29.0 Å². The molecule has 1 N–H and O–H groups in total. The molecular weight excluding hydrogens is 522 g/mol. The first-order valence-electron chi connectivity index (χ1n) is 12.6. The molecule has 0 radical (unpaired) electrons. The summed E-state index contributed by atoms with van der Waals surface area (Å²) in [6.07, 6.45) is 10.2. The summed E-state index contributed by atoms with van der Waals surface area (Å²) in [5.74, 6) is 0.512. The van der Waals surface area contributed by atoms with E-state index in [1.807, 2.05) is 42.5 Å². The lowest BCUT2D eigenvalue weighted by molar-refractivity contribution is -0.115. The molecule has 2 atom stereocenters. The van der Waals surface area contributed by atoms with Crippen LogP contribution in [0.25, 0.3) is 16.6 Å². The summed E-state index contributed by atoms with van der Waals surface area (Å²) in [7, 11) is -1.70. The fourth-order valence-electron chi connectivity index (χ4n) is 4.96. The normalized spacial score (nSPS) is 19.7. The molecule has 200 valence electrons. The minimum Gasteiger partial charge on any atom is -0.497 e. The summed E-state index contributed by atoms with van der Waals surface area (Å²) in [5, 5.41) is 10.2. The summed E-state index contributed by atoms with van der Waals surface area (Å²) in [6.45, 7) is 4.63. The smallest absolute Gasteiger partial charge is 0.256 e. The lowest BCUT2D eigenvalue weighted by Gasteiger charge is -2.35. The van der Waals surface area contributed by atoms with Gasteiger partial charge in [-0.15, -0.1) is 10.2 Å². The number of aryl methyl sites for hydroxylation is 1. The molecule has 1 amide bonds. The SMILES string of the molecule is CC[C@@H]1CCCCN1S(=O)(O)=C1C=CC(=NC(=O)CSc2nnc3c(C)cc4cc(OC)ccc4n23)C=C1. The predicted octanol–water partition coefficient (Wildman–Crippen LogP) is 4.49. The van der Waals surface area contributed by atoms with Crippen molar-refractivity contribution in [3.63, 3.8) is 0 Å². The molecule has 0 bridgehead atoms. The van der Waals surface area contributed by atoms with Gasteiger partial charge in [0.2, 0.25) is 0 Å². The second-order valence-corrected chi connectivity index (χ2v) is 12.3. The van der Waals surface area contributed by atoms with E-state index in [1.165, 1.54) is 11.8 Å². The molecule has 2 aromatic heterocycles. The number of carbonyl (C=O) groups excluding carboxylic acids is 1. The van der Waals surface area contributed by atoms with Crippen LogP contribution in [0.2, 0.25) is 0 Å². The summed E-state index contributed by atoms with van der Waals surface area (Å²) in [6, 6.07) is 7.93. The largest absolute Gasteiger partial charge is 0.497 e. The Bertz CT molecular complexity index is 1600. The maximum atomic E-state index is 13.3. The maximum Gasteiger partial charge on any atom is 0.256 e. The molecule has 11 heteroatoms. The number of benzene rings is 1. The summed E-state index contributed by atoms with van der Waals surface area (Å²) in [5.41, 5.74) is 3.07. The third kappa shape index (κ3) is 5.15. The molecule has 5 rings (SSSR count). The molecular formula is C27H31N5O4S2. The maximum absolute atomic E-state index is 13.3. The van der Waals surface area contributed by atoms with Gasteiger partial charge in [-0.25, -0.2) is 13.5 Å². The Labute approximate surface area is 226 Å². The van der Waals surface area contributed by atoms with Crippen LogP contribution in [-0.4, -0.2) is 69.6 Å². The van der Waals surface area contributed by atoms with Gasteiger partial charge in [-0.1, -0.05) is 25.1 Å². The van der Waals surface area contributed by atoms with E-state index in [4.69, 9.17) is 4.74 Å². The first-order chi connectivity index (χ1) is 18.3. The molecule has 0 spiro atoms. The van der Waals surface area contributed by atoms with Gasteiger partial charge in [0.15, 0.2) is 20.8 Å². The number of amides is 1. The zero-order chi connectivity index (χ0) is 26.9. The Balaban J connectivity index is 1.32. The van der Waals surface area contributed by atoms with Gasteiger partial charge in [-0.2, -0.15) is 0 Å². The standard InChI is InChI=1S/C27H31N5O4S2/c1-4-21-7-5-6-14-31(21)38(34,35)23-11-8-20(9-12-23)28-25(33)17-37-27-30-29-26-18(2)15-19-16-22(36-3)10-13-24(19)32(26)27/h8-13,15-16,21H,4-7,14,17H2,1-3H3,(H,34,35)/t21-/m1/s1. The van der Waals surface area contributed by atoms with Crippen LogP contribution < -0.4 is 4.74 Å². The number of fused-ring (bicyclic) bond motifs is 3. The van der Waals surface area contributed by atoms with Gasteiger partial charge in [0, 0.05) is 18.0 Å². The highest BCUT2D eigenvalue weighted by Gasteiger charge is 2.29. The number of aromatic nitrogens is 3. The topological polar surface area (TPSA) is 109 Å². The molecule has 38 heavy (non-hydrogen) atoms. The number of methoxy groups -OCH3 is 1. The number of piperidine rings is 1. The molecule has 3 aromatic rings. The molecule has 1 fully saturated rings. The Morgan fingerprint density at radius 1 is 1.21 bits per heavy atom. The highest BCUT2D eigenvalue weighted by atomic mass is 32.2. The minimum atomic E-state index is -3.33. The zero-order valence-corrected chi connectivity index (χ0v) is 23.3. The third-order valence-corrected chi connectivity index (χ3v) is 9.83. The van der Waals surface area contributed by atoms with Crippen molar-refractivity contribution >= 4 is 54.8 Å². The third-order valence-electron chi connectivity index (χ3n) is 6.92. The molecule has 1 aromatic carbocycles. The monoisotopic (exact) mass is 553 g/mol. The number of thioether (sulfide) groups is 1. The van der Waals surface area contributed by atoms with Crippen molar-refractivity contribution in [2.75, 3.05) is 19.4 Å². The number of aliphatic imine (C=N–C) groups is 1. The van der Waals surface area contributed by atoms with Gasteiger partial charge in [-0.05, 0) is 80.3 Å². The van der Waals surface area contributed by atoms with Gasteiger partial charge in [0.1, 0.15) is 5.75 Å². The quantitative estimate of drug-likeness (QED) is 0.354. The van der Waals surface area contributed by atoms with Crippen LogP contribution in [0.15, 0.2) is 58.7 Å². The number of ether oxygens (including phenoxy) is 1. The van der Waals surface area contributed by atoms with Crippen LogP contribution in [0.3, 0.4) is 0 Å². The van der Waals surface area contributed by atoms with Gasteiger partial charge < -0.3 is 9.29 Å². The van der Waals surface area contributed by atoms with E-state index in [9.17, 15) is 13.6 Å². The van der Waals surface area contributed by atoms with E-state index < -0.39 is 9.99 Å². The average Bonchev–Trinajstić information content (AvgIpc) is 3.37. The van der Waals surface area contributed by atoms with Gasteiger partial charge in [0.25, 0.3) is 5.91 Å². The number of pyridine rings is 1. The second-order valence-electron chi connectivity index (χ2n) is 9.38. The molecule has 1 aliphatic heterocycles. The molecule has 1 aliphatic carbocycles. The second kappa shape index (κ2) is 11.0. The molecule has 1 unspecified atom stereocenters. The van der Waals surface area contributed by atoms with Crippen LogP contribution in [0.4, 0.5) is 0 Å². The number of rotatable bonds is 6. The number of hydrogen-bond acceptors (Lipinski definition) is 6. The van der Waals surface area contributed by atoms with Crippen LogP contribution in [0, 0.1) is 6.92 Å². The lowest BCUT2D eigenvalue weighted by Crippen LogP contribution is -2.45. The minimum absolute atomic E-state index is 0.0802. The molecule has 0 saturated carbocycles. The highest BCUT2D eigenvalue weighted by molar-refractivity contribution is 7.99. The summed E-state index contributed by atoms with van der Waals surface area (Å²) >= 11 is 1.27. The Morgan fingerprint density at radius 2 is 2.00 bits per heavy atom. The number of hydrogen-bond donors (Lipinski definition) is 1. The Kier molecular flexibility index (Phi) is 7.71.